The first-order valence-corrected chi connectivity index (χ1v) is 7.09. The van der Waals surface area contributed by atoms with Gasteiger partial charge in [-0.3, -0.25) is 0 Å². The van der Waals surface area contributed by atoms with E-state index >= 15 is 0 Å². The number of ether oxygens (including phenoxy) is 1. The lowest BCUT2D eigenvalue weighted by Gasteiger charge is -2.42. The fraction of sp³-hybridized carbons (Fsp3) is 0.571. The van der Waals surface area contributed by atoms with Gasteiger partial charge in [0.1, 0.15) is 0 Å². The van der Waals surface area contributed by atoms with E-state index in [-0.39, 0.29) is 10.4 Å². The van der Waals surface area contributed by atoms with E-state index in [1.54, 1.807) is 13.2 Å². The van der Waals surface area contributed by atoms with E-state index in [2.05, 4.69) is 15.9 Å². The molecule has 0 aromatic heterocycles. The summed E-state index contributed by atoms with van der Waals surface area (Å²) in [7, 11) is 1.75. The molecule has 0 amide bonds. The Kier molecular flexibility index (Phi) is 4.38. The molecule has 1 aromatic carbocycles. The van der Waals surface area contributed by atoms with Crippen molar-refractivity contribution < 1.29 is 13.5 Å². The van der Waals surface area contributed by atoms with Crippen molar-refractivity contribution in [3.05, 3.63) is 35.4 Å². The van der Waals surface area contributed by atoms with E-state index in [1.165, 1.54) is 18.6 Å². The standard InChI is InChI=1S/C14H17BrF2O/c1-18-14(5-2-6-14)9-11(15)7-10-3-4-12(16)13(17)8-10/h3-4,8,11H,2,5-7,9H2,1H3. The van der Waals surface area contributed by atoms with Gasteiger partial charge in [0.25, 0.3) is 0 Å². The highest BCUT2D eigenvalue weighted by Gasteiger charge is 2.38. The van der Waals surface area contributed by atoms with Gasteiger partial charge >= 0.3 is 0 Å². The summed E-state index contributed by atoms with van der Waals surface area (Å²) < 4.78 is 31.5. The highest BCUT2D eigenvalue weighted by molar-refractivity contribution is 9.09. The van der Waals surface area contributed by atoms with Gasteiger partial charge in [-0.25, -0.2) is 8.78 Å². The summed E-state index contributed by atoms with van der Waals surface area (Å²) in [5, 5.41) is 0. The second-order valence-electron chi connectivity index (χ2n) is 4.99. The molecule has 100 valence electrons. The molecular weight excluding hydrogens is 302 g/mol. The Hall–Kier alpha value is -0.480. The highest BCUT2D eigenvalue weighted by Crippen LogP contribution is 2.40. The van der Waals surface area contributed by atoms with E-state index in [0.29, 0.717) is 6.42 Å². The van der Waals surface area contributed by atoms with Gasteiger partial charge < -0.3 is 4.74 Å². The van der Waals surface area contributed by atoms with E-state index in [1.807, 2.05) is 0 Å². The van der Waals surface area contributed by atoms with Crippen LogP contribution in [0.4, 0.5) is 8.78 Å². The number of hydrogen-bond acceptors (Lipinski definition) is 1. The van der Waals surface area contributed by atoms with Crippen molar-refractivity contribution in [3.8, 4) is 0 Å². The average molecular weight is 319 g/mol. The van der Waals surface area contributed by atoms with Crippen LogP contribution in [0.2, 0.25) is 0 Å². The molecule has 4 heteroatoms. The molecule has 0 bridgehead atoms. The summed E-state index contributed by atoms with van der Waals surface area (Å²) in [4.78, 5) is 0.225. The van der Waals surface area contributed by atoms with Gasteiger partial charge in [0.05, 0.1) is 5.60 Å². The Balaban J connectivity index is 1.94. The first kappa shape index (κ1) is 13.9. The molecule has 2 rings (SSSR count). The Morgan fingerprint density at radius 1 is 1.33 bits per heavy atom. The van der Waals surface area contributed by atoms with Crippen LogP contribution in [-0.2, 0) is 11.2 Å². The van der Waals surface area contributed by atoms with E-state index in [4.69, 9.17) is 4.74 Å². The fourth-order valence-corrected chi connectivity index (χ4v) is 3.42. The lowest BCUT2D eigenvalue weighted by Crippen LogP contribution is -2.41. The molecule has 1 atom stereocenters. The molecule has 0 saturated heterocycles. The van der Waals surface area contributed by atoms with Crippen molar-refractivity contribution >= 4 is 15.9 Å². The van der Waals surface area contributed by atoms with Crippen LogP contribution in [0, 0.1) is 11.6 Å². The molecular formula is C14H17BrF2O. The molecule has 1 nitrogen and oxygen atoms in total. The van der Waals surface area contributed by atoms with Crippen molar-refractivity contribution in [2.24, 2.45) is 0 Å². The van der Waals surface area contributed by atoms with Crippen LogP contribution in [0.5, 0.6) is 0 Å². The second-order valence-corrected chi connectivity index (χ2v) is 6.29. The molecule has 0 heterocycles. The lowest BCUT2D eigenvalue weighted by atomic mass is 9.76. The van der Waals surface area contributed by atoms with Crippen LogP contribution < -0.4 is 0 Å². The van der Waals surface area contributed by atoms with Gasteiger partial charge in [0.15, 0.2) is 11.6 Å². The molecule has 1 aliphatic rings. The summed E-state index contributed by atoms with van der Waals surface area (Å²) in [6.45, 7) is 0. The third kappa shape index (κ3) is 3.09. The van der Waals surface area contributed by atoms with Crippen LogP contribution in [0.1, 0.15) is 31.2 Å². The maximum absolute atomic E-state index is 13.1. The number of hydrogen-bond donors (Lipinski definition) is 0. The van der Waals surface area contributed by atoms with E-state index < -0.39 is 11.6 Å². The molecule has 0 spiro atoms. The summed E-state index contributed by atoms with van der Waals surface area (Å²) >= 11 is 3.61. The van der Waals surface area contributed by atoms with Crippen LogP contribution in [0.15, 0.2) is 18.2 Å². The molecule has 1 unspecified atom stereocenters. The van der Waals surface area contributed by atoms with Crippen molar-refractivity contribution in [1.29, 1.82) is 0 Å². The van der Waals surface area contributed by atoms with Crippen molar-refractivity contribution in [1.82, 2.24) is 0 Å². The zero-order valence-electron chi connectivity index (χ0n) is 10.4. The van der Waals surface area contributed by atoms with Crippen LogP contribution in [0.25, 0.3) is 0 Å². The molecule has 1 fully saturated rings. The van der Waals surface area contributed by atoms with Gasteiger partial charge in [-0.2, -0.15) is 0 Å². The van der Waals surface area contributed by atoms with Crippen LogP contribution in [-0.4, -0.2) is 17.5 Å². The maximum atomic E-state index is 13.1. The van der Waals surface area contributed by atoms with Gasteiger partial charge in [0, 0.05) is 11.9 Å². The predicted molar refractivity (Wildman–Crippen MR) is 71.0 cm³/mol. The molecule has 1 aliphatic carbocycles. The lowest BCUT2D eigenvalue weighted by molar-refractivity contribution is -0.0770. The van der Waals surface area contributed by atoms with Gasteiger partial charge in [-0.1, -0.05) is 22.0 Å². The van der Waals surface area contributed by atoms with Crippen LogP contribution >= 0.6 is 15.9 Å². The SMILES string of the molecule is COC1(CC(Br)Cc2ccc(F)c(F)c2)CCC1. The van der Waals surface area contributed by atoms with E-state index in [0.717, 1.165) is 24.8 Å². The summed E-state index contributed by atoms with van der Waals surface area (Å²) in [5.41, 5.74) is 0.800. The maximum Gasteiger partial charge on any atom is 0.159 e. The highest BCUT2D eigenvalue weighted by atomic mass is 79.9. The van der Waals surface area contributed by atoms with Gasteiger partial charge in [-0.05, 0) is 49.8 Å². The number of alkyl halides is 1. The normalized spacial score (nSPS) is 19.3. The number of halogens is 3. The van der Waals surface area contributed by atoms with Crippen molar-refractivity contribution in [2.45, 2.75) is 42.5 Å². The smallest absolute Gasteiger partial charge is 0.159 e. The number of methoxy groups -OCH3 is 1. The Bertz CT molecular complexity index is 413. The molecule has 0 N–H and O–H groups in total. The number of benzene rings is 1. The Labute approximate surface area is 115 Å². The zero-order chi connectivity index (χ0) is 13.2. The number of rotatable bonds is 5. The minimum absolute atomic E-state index is 0.00720. The summed E-state index contributed by atoms with van der Waals surface area (Å²) in [5.74, 6) is -1.57. The fourth-order valence-electron chi connectivity index (χ4n) is 2.46. The quantitative estimate of drug-likeness (QED) is 0.738. The third-order valence-electron chi connectivity index (χ3n) is 3.73. The molecule has 0 radical (unpaired) electrons. The summed E-state index contributed by atoms with van der Waals surface area (Å²) in [6, 6.07) is 4.08. The first-order chi connectivity index (χ1) is 8.54. The predicted octanol–water partition coefficient (Wildman–Crippen LogP) is 4.23. The molecule has 1 saturated carbocycles. The Morgan fingerprint density at radius 3 is 2.56 bits per heavy atom. The third-order valence-corrected chi connectivity index (χ3v) is 4.38. The monoisotopic (exact) mass is 318 g/mol. The van der Waals surface area contributed by atoms with Crippen molar-refractivity contribution in [2.75, 3.05) is 7.11 Å². The minimum atomic E-state index is -0.794. The van der Waals surface area contributed by atoms with E-state index in [9.17, 15) is 8.78 Å². The Morgan fingerprint density at radius 2 is 2.06 bits per heavy atom. The zero-order valence-corrected chi connectivity index (χ0v) is 12.0. The minimum Gasteiger partial charge on any atom is -0.378 e. The average Bonchev–Trinajstić information content (AvgIpc) is 2.29. The molecule has 0 aliphatic heterocycles. The second kappa shape index (κ2) is 5.66. The first-order valence-electron chi connectivity index (χ1n) is 6.18. The van der Waals surface area contributed by atoms with Gasteiger partial charge in [-0.15, -0.1) is 0 Å². The largest absolute Gasteiger partial charge is 0.378 e. The molecule has 1 aromatic rings. The molecule has 18 heavy (non-hydrogen) atoms. The van der Waals surface area contributed by atoms with Gasteiger partial charge in [0.2, 0.25) is 0 Å². The summed E-state index contributed by atoms with van der Waals surface area (Å²) in [6.07, 6.45) is 4.97. The van der Waals surface area contributed by atoms with Crippen LogP contribution in [0.3, 0.4) is 0 Å². The van der Waals surface area contributed by atoms with Crippen molar-refractivity contribution in [3.63, 3.8) is 0 Å². The topological polar surface area (TPSA) is 9.23 Å².